The summed E-state index contributed by atoms with van der Waals surface area (Å²) in [7, 11) is 0. The Kier molecular flexibility index (Phi) is 6.73. The van der Waals surface area contributed by atoms with Crippen molar-refractivity contribution in [2.45, 2.75) is 64.0 Å². The van der Waals surface area contributed by atoms with E-state index >= 15 is 0 Å². The lowest BCUT2D eigenvalue weighted by Gasteiger charge is -2.21. The third kappa shape index (κ3) is 4.86. The van der Waals surface area contributed by atoms with Crippen molar-refractivity contribution in [3.8, 4) is 5.75 Å². The lowest BCUT2D eigenvalue weighted by Crippen LogP contribution is -2.29. The predicted octanol–water partition coefficient (Wildman–Crippen LogP) is 5.31. The average molecular weight is 407 g/mol. The van der Waals surface area contributed by atoms with E-state index in [1.165, 1.54) is 24.0 Å². The van der Waals surface area contributed by atoms with Crippen LogP contribution in [-0.2, 0) is 0 Å². The molecule has 1 aliphatic carbocycles. The zero-order valence-electron chi connectivity index (χ0n) is 18.3. The van der Waals surface area contributed by atoms with Crippen LogP contribution in [0.1, 0.15) is 79.4 Å². The largest absolute Gasteiger partial charge is 0.494 e. The zero-order valence-corrected chi connectivity index (χ0v) is 18.3. The van der Waals surface area contributed by atoms with Crippen LogP contribution in [0.3, 0.4) is 0 Å². The number of nitrogens with zero attached hydrogens (tertiary/aromatic N) is 1. The summed E-state index contributed by atoms with van der Waals surface area (Å²) >= 11 is 0. The highest BCUT2D eigenvalue weighted by atomic mass is 16.5. The second-order valence-electron chi connectivity index (χ2n) is 8.72. The van der Waals surface area contributed by atoms with E-state index in [-0.39, 0.29) is 5.91 Å². The van der Waals surface area contributed by atoms with Crippen LogP contribution < -0.4 is 10.1 Å². The molecular formula is C26H34N2O2. The first-order valence-electron chi connectivity index (χ1n) is 11.5. The highest BCUT2D eigenvalue weighted by Gasteiger charge is 2.27. The summed E-state index contributed by atoms with van der Waals surface area (Å²) in [5.41, 5.74) is 3.47. The smallest absolute Gasteiger partial charge is 0.253 e. The fourth-order valence-electron chi connectivity index (χ4n) is 4.93. The third-order valence-corrected chi connectivity index (χ3v) is 6.61. The molecule has 2 fully saturated rings. The fraction of sp³-hybridized carbons (Fsp3) is 0.500. The highest BCUT2D eigenvalue weighted by molar-refractivity contribution is 5.94. The van der Waals surface area contributed by atoms with Crippen LogP contribution in [0.4, 0.5) is 0 Å². The minimum Gasteiger partial charge on any atom is -0.494 e. The van der Waals surface area contributed by atoms with Crippen LogP contribution in [0.15, 0.2) is 48.5 Å². The summed E-state index contributed by atoms with van der Waals surface area (Å²) in [5.74, 6) is 1.70. The summed E-state index contributed by atoms with van der Waals surface area (Å²) < 4.78 is 5.65. The molecular weight excluding hydrogens is 372 g/mol. The quantitative estimate of drug-likeness (QED) is 0.678. The molecule has 0 unspecified atom stereocenters. The predicted molar refractivity (Wildman–Crippen MR) is 121 cm³/mol. The van der Waals surface area contributed by atoms with E-state index in [2.05, 4.69) is 42.6 Å². The van der Waals surface area contributed by atoms with Gasteiger partial charge in [0.1, 0.15) is 5.75 Å². The van der Waals surface area contributed by atoms with E-state index in [0.29, 0.717) is 24.6 Å². The van der Waals surface area contributed by atoms with Gasteiger partial charge in [-0.05, 0) is 87.3 Å². The lowest BCUT2D eigenvalue weighted by molar-refractivity contribution is 0.0793. The van der Waals surface area contributed by atoms with Crippen LogP contribution >= 0.6 is 0 Å². The van der Waals surface area contributed by atoms with Crippen LogP contribution in [0, 0.1) is 0 Å². The second kappa shape index (κ2) is 9.65. The van der Waals surface area contributed by atoms with Gasteiger partial charge in [-0.1, -0.05) is 24.3 Å². The molecule has 0 spiro atoms. The topological polar surface area (TPSA) is 41.6 Å². The summed E-state index contributed by atoms with van der Waals surface area (Å²) in [4.78, 5) is 14.5. The maximum atomic E-state index is 12.6. The lowest BCUT2D eigenvalue weighted by atomic mass is 9.96. The minimum absolute atomic E-state index is 0.188. The van der Waals surface area contributed by atoms with Crippen molar-refractivity contribution in [1.29, 1.82) is 0 Å². The molecule has 2 aromatic rings. The maximum absolute atomic E-state index is 12.6. The second-order valence-corrected chi connectivity index (χ2v) is 8.72. The number of benzene rings is 2. The first-order valence-corrected chi connectivity index (χ1v) is 11.5. The van der Waals surface area contributed by atoms with E-state index in [9.17, 15) is 4.79 Å². The average Bonchev–Trinajstić information content (AvgIpc) is 3.46. The van der Waals surface area contributed by atoms with Gasteiger partial charge in [-0.25, -0.2) is 0 Å². The number of ether oxygens (including phenoxy) is 1. The number of likely N-dealkylation sites (tertiary alicyclic amines) is 1. The van der Waals surface area contributed by atoms with Gasteiger partial charge < -0.3 is 15.0 Å². The van der Waals surface area contributed by atoms with Crippen molar-refractivity contribution in [3.63, 3.8) is 0 Å². The Morgan fingerprint density at radius 3 is 2.63 bits per heavy atom. The highest BCUT2D eigenvalue weighted by Crippen LogP contribution is 2.36. The number of hydrogen-bond donors (Lipinski definition) is 1. The van der Waals surface area contributed by atoms with Gasteiger partial charge in [0, 0.05) is 30.7 Å². The van der Waals surface area contributed by atoms with Crippen molar-refractivity contribution >= 4 is 5.91 Å². The normalized spacial score (nSPS) is 22.3. The van der Waals surface area contributed by atoms with Crippen molar-refractivity contribution in [1.82, 2.24) is 10.2 Å². The van der Waals surface area contributed by atoms with E-state index < -0.39 is 0 Å². The monoisotopic (exact) mass is 406 g/mol. The molecule has 1 saturated carbocycles. The molecule has 30 heavy (non-hydrogen) atoms. The van der Waals surface area contributed by atoms with Gasteiger partial charge in [0.15, 0.2) is 0 Å². The van der Waals surface area contributed by atoms with E-state index in [0.717, 1.165) is 43.7 Å². The molecule has 1 aliphatic heterocycles. The molecule has 1 N–H and O–H groups in total. The van der Waals surface area contributed by atoms with E-state index in [1.54, 1.807) is 0 Å². The molecule has 4 heteroatoms. The van der Waals surface area contributed by atoms with Gasteiger partial charge in [0.05, 0.1) is 6.61 Å². The van der Waals surface area contributed by atoms with Gasteiger partial charge in [-0.15, -0.1) is 0 Å². The van der Waals surface area contributed by atoms with Crippen LogP contribution in [0.2, 0.25) is 0 Å². The van der Waals surface area contributed by atoms with Crippen LogP contribution in [0.5, 0.6) is 5.75 Å². The molecule has 2 aliphatic rings. The Morgan fingerprint density at radius 1 is 1.13 bits per heavy atom. The number of amides is 1. The molecule has 4 nitrogen and oxygen atoms in total. The minimum atomic E-state index is 0.188. The van der Waals surface area contributed by atoms with Crippen molar-refractivity contribution in [3.05, 3.63) is 65.2 Å². The van der Waals surface area contributed by atoms with Gasteiger partial charge in [0.25, 0.3) is 5.91 Å². The summed E-state index contributed by atoms with van der Waals surface area (Å²) in [6.07, 6.45) is 5.80. The number of hydrogen-bond acceptors (Lipinski definition) is 3. The first-order chi connectivity index (χ1) is 14.6. The zero-order chi connectivity index (χ0) is 20.9. The van der Waals surface area contributed by atoms with Gasteiger partial charge in [-0.2, -0.15) is 0 Å². The number of carbonyl (C=O) groups excluding carboxylic acids is 1. The standard InChI is InChI=1S/C26H34N2O2/c1-3-30-25-8-6-7-22(18-25)19(2)27-24-14-13-23(17-24)20-9-11-21(12-10-20)26(29)28-15-4-5-16-28/h6-12,18-19,23-24,27H,3-5,13-17H2,1-2H3/t19-,23-,24+/m1/s1. The molecule has 1 saturated heterocycles. The van der Waals surface area contributed by atoms with Crippen LogP contribution in [0.25, 0.3) is 0 Å². The van der Waals surface area contributed by atoms with E-state index in [1.807, 2.05) is 30.0 Å². The molecule has 0 radical (unpaired) electrons. The number of carbonyl (C=O) groups is 1. The molecule has 0 bridgehead atoms. The SMILES string of the molecule is CCOc1cccc([C@@H](C)N[C@H]2CC[C@@H](c3ccc(C(=O)N4CCCC4)cc3)C2)c1. The summed E-state index contributed by atoms with van der Waals surface area (Å²) in [5, 5.41) is 3.81. The van der Waals surface area contributed by atoms with Crippen molar-refractivity contribution in [2.75, 3.05) is 19.7 Å². The fourth-order valence-corrected chi connectivity index (χ4v) is 4.93. The Morgan fingerprint density at radius 2 is 1.90 bits per heavy atom. The van der Waals surface area contributed by atoms with Gasteiger partial charge in [-0.3, -0.25) is 4.79 Å². The molecule has 4 rings (SSSR count). The van der Waals surface area contributed by atoms with Crippen LogP contribution in [-0.4, -0.2) is 36.5 Å². The van der Waals surface area contributed by atoms with E-state index in [4.69, 9.17) is 4.74 Å². The summed E-state index contributed by atoms with van der Waals surface area (Å²) in [6.45, 7) is 6.75. The Balaban J connectivity index is 1.32. The number of nitrogens with one attached hydrogen (secondary N) is 1. The molecule has 3 atom stereocenters. The Bertz CT molecular complexity index is 842. The van der Waals surface area contributed by atoms with Gasteiger partial charge in [0.2, 0.25) is 0 Å². The first kappa shape index (κ1) is 20.9. The molecule has 1 amide bonds. The molecule has 2 aromatic carbocycles. The van der Waals surface area contributed by atoms with Crippen molar-refractivity contribution in [2.24, 2.45) is 0 Å². The molecule has 1 heterocycles. The molecule has 0 aromatic heterocycles. The summed E-state index contributed by atoms with van der Waals surface area (Å²) in [6, 6.07) is 17.6. The maximum Gasteiger partial charge on any atom is 0.253 e. The Hall–Kier alpha value is -2.33. The Labute approximate surface area is 180 Å². The van der Waals surface area contributed by atoms with Crippen molar-refractivity contribution < 1.29 is 9.53 Å². The number of rotatable bonds is 7. The third-order valence-electron chi connectivity index (χ3n) is 6.61. The molecule has 160 valence electrons. The van der Waals surface area contributed by atoms with Gasteiger partial charge >= 0.3 is 0 Å².